The zero-order valence-corrected chi connectivity index (χ0v) is 17.3. The van der Waals surface area contributed by atoms with Gasteiger partial charge in [0.25, 0.3) is 0 Å². The van der Waals surface area contributed by atoms with Gasteiger partial charge in [-0.2, -0.15) is 5.10 Å². The number of hydrogen-bond donors (Lipinski definition) is 1. The molecule has 28 heavy (non-hydrogen) atoms. The first-order valence-electron chi connectivity index (χ1n) is 9.84. The second kappa shape index (κ2) is 6.93. The maximum atomic E-state index is 4.85. The molecule has 6 nitrogen and oxygen atoms in total. The summed E-state index contributed by atoms with van der Waals surface area (Å²) >= 11 is 0. The van der Waals surface area contributed by atoms with Gasteiger partial charge in [-0.1, -0.05) is 18.2 Å². The van der Waals surface area contributed by atoms with Crippen LogP contribution in [-0.2, 0) is 0 Å². The summed E-state index contributed by atoms with van der Waals surface area (Å²) in [6, 6.07) is 10.7. The molecule has 1 aromatic carbocycles. The molecule has 1 aliphatic carbocycles. The fourth-order valence-corrected chi connectivity index (χ4v) is 3.73. The normalized spacial score (nSPS) is 14.2. The van der Waals surface area contributed by atoms with Gasteiger partial charge in [0.1, 0.15) is 11.5 Å². The van der Waals surface area contributed by atoms with E-state index in [0.717, 1.165) is 34.3 Å². The maximum absolute atomic E-state index is 4.85. The van der Waals surface area contributed by atoms with Gasteiger partial charge in [0.15, 0.2) is 0 Å². The lowest BCUT2D eigenvalue weighted by atomic mass is 10.1. The van der Waals surface area contributed by atoms with E-state index < -0.39 is 0 Å². The highest BCUT2D eigenvalue weighted by Gasteiger charge is 2.37. The van der Waals surface area contributed by atoms with E-state index in [1.807, 2.05) is 54.5 Å². The van der Waals surface area contributed by atoms with Gasteiger partial charge in [-0.3, -0.25) is 0 Å². The first-order chi connectivity index (χ1) is 13.4. The minimum Gasteiger partial charge on any atom is -0.373 e. The Hall–Kier alpha value is -2.89. The molecule has 1 N–H and O–H groups in total. The second-order valence-corrected chi connectivity index (χ2v) is 8.36. The highest BCUT2D eigenvalue weighted by Crippen LogP contribution is 2.36. The monoisotopic (exact) mass is 376 g/mol. The topological polar surface area (TPSA) is 58.9 Å². The third kappa shape index (κ3) is 3.35. The molecule has 2 heterocycles. The van der Waals surface area contributed by atoms with Crippen molar-refractivity contribution < 1.29 is 0 Å². The van der Waals surface area contributed by atoms with Crippen molar-refractivity contribution >= 4 is 11.8 Å². The Morgan fingerprint density at radius 1 is 1.07 bits per heavy atom. The molecule has 0 unspecified atom stereocenters. The van der Waals surface area contributed by atoms with Gasteiger partial charge in [-0.15, -0.1) is 0 Å². The number of aromatic nitrogens is 4. The average molecular weight is 377 g/mol. The average Bonchev–Trinajstić information content (AvgIpc) is 3.44. The second-order valence-electron chi connectivity index (χ2n) is 8.36. The van der Waals surface area contributed by atoms with Gasteiger partial charge >= 0.3 is 0 Å². The van der Waals surface area contributed by atoms with Crippen molar-refractivity contribution in [1.82, 2.24) is 19.7 Å². The Bertz CT molecular complexity index is 949. The molecule has 1 fully saturated rings. The van der Waals surface area contributed by atoms with Gasteiger partial charge in [0.05, 0.1) is 5.69 Å². The molecule has 2 aromatic heterocycles. The number of hydrogen-bond acceptors (Lipinski definition) is 5. The summed E-state index contributed by atoms with van der Waals surface area (Å²) in [5.74, 6) is 1.77. The fraction of sp³-hybridized carbons (Fsp3) is 0.409. The molecule has 4 rings (SSSR count). The number of nitrogens with one attached hydrogen (secondary N) is 1. The van der Waals surface area contributed by atoms with Crippen LogP contribution in [0, 0.1) is 6.92 Å². The molecular formula is C22H28N6. The third-order valence-electron chi connectivity index (χ3n) is 5.12. The lowest BCUT2D eigenvalue weighted by Gasteiger charge is -2.36. The number of para-hydroxylation sites is 1. The number of benzene rings is 1. The number of nitrogens with zero attached hydrogens (tertiary/aromatic N) is 5. The Morgan fingerprint density at radius 3 is 2.25 bits per heavy atom. The van der Waals surface area contributed by atoms with E-state index in [0.29, 0.717) is 6.04 Å². The molecule has 0 spiro atoms. The van der Waals surface area contributed by atoms with Gasteiger partial charge in [0, 0.05) is 42.1 Å². The summed E-state index contributed by atoms with van der Waals surface area (Å²) in [6.45, 7) is 8.72. The summed E-state index contributed by atoms with van der Waals surface area (Å²) in [6.07, 6.45) is 6.23. The van der Waals surface area contributed by atoms with Crippen molar-refractivity contribution in [3.05, 3.63) is 48.3 Å². The summed E-state index contributed by atoms with van der Waals surface area (Å²) in [4.78, 5) is 11.8. The molecule has 3 aromatic rings. The highest BCUT2D eigenvalue weighted by molar-refractivity contribution is 5.69. The Labute approximate surface area is 166 Å². The standard InChI is InChI=1S/C22H28N6/c1-15-19(26-28(20(15)23-5)18-9-7-6-8-10-18)16-13-24-21(25-14-16)27(17-11-12-17)22(2,3)4/h6-10,13-14,17,23H,11-12H2,1-5H3. The van der Waals surface area contributed by atoms with Crippen molar-refractivity contribution in [3.63, 3.8) is 0 Å². The predicted molar refractivity (Wildman–Crippen MR) is 114 cm³/mol. The summed E-state index contributed by atoms with van der Waals surface area (Å²) in [5, 5.41) is 8.13. The Kier molecular flexibility index (Phi) is 4.57. The zero-order chi connectivity index (χ0) is 19.9. The summed E-state index contributed by atoms with van der Waals surface area (Å²) in [7, 11) is 1.92. The van der Waals surface area contributed by atoms with Crippen LogP contribution in [0.25, 0.3) is 16.9 Å². The lowest BCUT2D eigenvalue weighted by molar-refractivity contribution is 0.489. The molecule has 0 atom stereocenters. The van der Waals surface area contributed by atoms with Crippen molar-refractivity contribution in [1.29, 1.82) is 0 Å². The van der Waals surface area contributed by atoms with Crippen molar-refractivity contribution in [2.75, 3.05) is 17.3 Å². The number of rotatable bonds is 5. The van der Waals surface area contributed by atoms with Crippen LogP contribution in [0.4, 0.5) is 11.8 Å². The van der Waals surface area contributed by atoms with Crippen LogP contribution in [0.2, 0.25) is 0 Å². The zero-order valence-electron chi connectivity index (χ0n) is 17.3. The van der Waals surface area contributed by atoms with Gasteiger partial charge in [-0.25, -0.2) is 14.6 Å². The van der Waals surface area contributed by atoms with Crippen LogP contribution < -0.4 is 10.2 Å². The molecule has 1 saturated carbocycles. The van der Waals surface area contributed by atoms with Crippen LogP contribution in [0.1, 0.15) is 39.2 Å². The van der Waals surface area contributed by atoms with Gasteiger partial charge in [0.2, 0.25) is 5.95 Å². The third-order valence-corrected chi connectivity index (χ3v) is 5.12. The quantitative estimate of drug-likeness (QED) is 0.713. The van der Waals surface area contributed by atoms with E-state index in [1.54, 1.807) is 0 Å². The largest absolute Gasteiger partial charge is 0.373 e. The molecule has 146 valence electrons. The lowest BCUT2D eigenvalue weighted by Crippen LogP contribution is -2.44. The van der Waals surface area contributed by atoms with Crippen LogP contribution in [0.5, 0.6) is 0 Å². The SMILES string of the molecule is CNc1c(C)c(-c2cnc(N(C3CC3)C(C)(C)C)nc2)nn1-c1ccccc1. The smallest absolute Gasteiger partial charge is 0.225 e. The molecule has 6 heteroatoms. The maximum Gasteiger partial charge on any atom is 0.225 e. The number of anilines is 2. The molecule has 0 bridgehead atoms. The summed E-state index contributed by atoms with van der Waals surface area (Å²) in [5.41, 5.74) is 3.93. The minimum atomic E-state index is 0.00673. The fourth-order valence-electron chi connectivity index (χ4n) is 3.73. The molecule has 0 radical (unpaired) electrons. The van der Waals surface area contributed by atoms with Crippen molar-refractivity contribution in [2.24, 2.45) is 0 Å². The van der Waals surface area contributed by atoms with E-state index in [9.17, 15) is 0 Å². The first kappa shape index (κ1) is 18.5. The van der Waals surface area contributed by atoms with Crippen molar-refractivity contribution in [3.8, 4) is 16.9 Å². The van der Waals surface area contributed by atoms with Crippen LogP contribution in [0.3, 0.4) is 0 Å². The van der Waals surface area contributed by atoms with E-state index in [4.69, 9.17) is 15.1 Å². The van der Waals surface area contributed by atoms with Crippen LogP contribution in [-0.4, -0.2) is 38.4 Å². The van der Waals surface area contributed by atoms with E-state index >= 15 is 0 Å². The van der Waals surface area contributed by atoms with Crippen LogP contribution in [0.15, 0.2) is 42.7 Å². The Morgan fingerprint density at radius 2 is 1.71 bits per heavy atom. The van der Waals surface area contributed by atoms with Gasteiger partial charge < -0.3 is 10.2 Å². The molecule has 1 aliphatic rings. The molecule has 0 amide bonds. The summed E-state index contributed by atoms with van der Waals surface area (Å²) < 4.78 is 1.93. The highest BCUT2D eigenvalue weighted by atomic mass is 15.3. The van der Waals surface area contributed by atoms with E-state index in [1.165, 1.54) is 12.8 Å². The van der Waals surface area contributed by atoms with E-state index in [-0.39, 0.29) is 5.54 Å². The molecular weight excluding hydrogens is 348 g/mol. The van der Waals surface area contributed by atoms with E-state index in [2.05, 4.69) is 37.9 Å². The first-order valence-corrected chi connectivity index (χ1v) is 9.84. The Balaban J connectivity index is 1.71. The van der Waals surface area contributed by atoms with Crippen molar-refractivity contribution in [2.45, 2.75) is 52.1 Å². The van der Waals surface area contributed by atoms with Gasteiger partial charge in [-0.05, 0) is 52.7 Å². The molecule has 0 saturated heterocycles. The van der Waals surface area contributed by atoms with Crippen LogP contribution >= 0.6 is 0 Å². The minimum absolute atomic E-state index is 0.00673. The predicted octanol–water partition coefficient (Wildman–Crippen LogP) is 4.45. The molecule has 0 aliphatic heterocycles.